The fraction of sp³-hybridized carbons (Fsp3) is 0.0323. The summed E-state index contributed by atoms with van der Waals surface area (Å²) in [7, 11) is 1.61. The van der Waals surface area contributed by atoms with E-state index in [-0.39, 0.29) is 5.56 Å². The number of aromatic amines is 1. The van der Waals surface area contributed by atoms with Crippen molar-refractivity contribution < 1.29 is 4.74 Å². The van der Waals surface area contributed by atoms with E-state index >= 15 is 0 Å². The zero-order valence-corrected chi connectivity index (χ0v) is 24.3. The van der Waals surface area contributed by atoms with Crippen molar-refractivity contribution in [2.45, 2.75) is 0 Å². The number of ether oxygens (including phenoxy) is 1. The molecule has 0 aromatic carbocycles. The van der Waals surface area contributed by atoms with Crippen molar-refractivity contribution in [3.05, 3.63) is 118 Å². The molecule has 0 saturated carbocycles. The fourth-order valence-electron chi connectivity index (χ4n) is 4.62. The number of rotatable bonds is 5. The summed E-state index contributed by atoms with van der Waals surface area (Å²) in [4.78, 5) is 27.2. The number of aromatic nitrogens is 8. The largest absolute Gasteiger partial charge is 0.481 e. The molecule has 0 atom stereocenters. The molecule has 0 amide bonds. The van der Waals surface area contributed by atoms with E-state index in [2.05, 4.69) is 52.3 Å². The van der Waals surface area contributed by atoms with Crippen LogP contribution in [0.25, 0.3) is 55.8 Å². The second kappa shape index (κ2) is 11.4. The molecule has 0 aliphatic rings. The van der Waals surface area contributed by atoms with Crippen molar-refractivity contribution in [3.8, 4) is 50.4 Å². The first kappa shape index (κ1) is 26.4. The molecule has 0 unspecified atom stereocenters. The van der Waals surface area contributed by atoms with Crippen LogP contribution in [0.3, 0.4) is 0 Å². The molecule has 0 aliphatic heterocycles. The Labute approximate surface area is 252 Å². The molecular weight excluding hydrogens is 581 g/mol. The van der Waals surface area contributed by atoms with Gasteiger partial charge in [0.2, 0.25) is 11.4 Å². The number of fused-ring (bicyclic) bond motifs is 2. The number of pyridine rings is 2. The minimum atomic E-state index is -0.132. The Morgan fingerprint density at radius 2 is 1.30 bits per heavy atom. The van der Waals surface area contributed by atoms with E-state index in [1.165, 1.54) is 0 Å². The molecule has 10 nitrogen and oxygen atoms in total. The highest BCUT2D eigenvalue weighted by Gasteiger charge is 2.11. The zero-order valence-electron chi connectivity index (χ0n) is 22.7. The van der Waals surface area contributed by atoms with Gasteiger partial charge < -0.3 is 9.72 Å². The van der Waals surface area contributed by atoms with E-state index in [4.69, 9.17) is 4.74 Å². The van der Waals surface area contributed by atoms with Gasteiger partial charge in [-0.3, -0.25) is 4.79 Å². The quantitative estimate of drug-likeness (QED) is 0.244. The highest BCUT2D eigenvalue weighted by molar-refractivity contribution is 7.08. The first-order valence-electron chi connectivity index (χ1n) is 13.1. The number of thiophene rings is 2. The van der Waals surface area contributed by atoms with Gasteiger partial charge in [0.1, 0.15) is 0 Å². The lowest BCUT2D eigenvalue weighted by molar-refractivity contribution is 0.398. The second-order valence-corrected chi connectivity index (χ2v) is 11.0. The predicted molar refractivity (Wildman–Crippen MR) is 168 cm³/mol. The summed E-state index contributed by atoms with van der Waals surface area (Å²) in [6.07, 6.45) is 14.5. The molecule has 0 radical (unpaired) electrons. The Balaban J connectivity index is 0.000000140. The van der Waals surface area contributed by atoms with Crippen LogP contribution in [-0.4, -0.2) is 46.3 Å². The monoisotopic (exact) mass is 602 g/mol. The number of hydrogen-bond acceptors (Lipinski definition) is 9. The van der Waals surface area contributed by atoms with Crippen molar-refractivity contribution in [1.29, 1.82) is 0 Å². The Hall–Kier alpha value is -5.46. The Morgan fingerprint density at radius 1 is 0.698 bits per heavy atom. The highest BCUT2D eigenvalue weighted by atomic mass is 32.1. The molecule has 0 bridgehead atoms. The molecule has 0 aliphatic carbocycles. The first-order valence-corrected chi connectivity index (χ1v) is 15.0. The number of methoxy groups -OCH3 is 1. The van der Waals surface area contributed by atoms with Gasteiger partial charge in [-0.1, -0.05) is 0 Å². The average molecular weight is 603 g/mol. The molecule has 1 N–H and O–H groups in total. The summed E-state index contributed by atoms with van der Waals surface area (Å²) < 4.78 is 8.70. The maximum Gasteiger partial charge on any atom is 0.248 e. The van der Waals surface area contributed by atoms with Gasteiger partial charge in [0.25, 0.3) is 0 Å². The Morgan fingerprint density at radius 3 is 1.84 bits per heavy atom. The van der Waals surface area contributed by atoms with Gasteiger partial charge in [0.05, 0.1) is 19.5 Å². The standard InChI is InChI=1S/C16H12N4OS.C15H10N4OS/c1-21-15-6-11(2-4-17-15)13-7-18-16-14(8-19-20(16)9-13)12-3-5-22-10-12;20-14-5-10(1-3-16-14)12-6-17-15-13(7-18-19(15)8-12)11-2-4-21-9-11/h2-10H,1H3;1-9H,(H,16,20). The predicted octanol–water partition coefficient (Wildman–Crippen LogP) is 6.34. The smallest absolute Gasteiger partial charge is 0.248 e. The minimum absolute atomic E-state index is 0.132. The van der Waals surface area contributed by atoms with Crippen LogP contribution in [0.2, 0.25) is 0 Å². The van der Waals surface area contributed by atoms with Crippen LogP contribution >= 0.6 is 22.7 Å². The van der Waals surface area contributed by atoms with Gasteiger partial charge in [-0.2, -0.15) is 32.9 Å². The summed E-state index contributed by atoms with van der Waals surface area (Å²) in [6, 6.07) is 11.3. The summed E-state index contributed by atoms with van der Waals surface area (Å²) in [5.41, 5.74) is 9.47. The third-order valence-corrected chi connectivity index (χ3v) is 8.13. The SMILES string of the molecule is COc1cc(-c2cnc3c(-c4ccsc4)cnn3c2)ccn1.O=c1cc(-c2cnc3c(-c4ccsc4)cnn3c2)cc[nH]1. The molecule has 8 aromatic rings. The van der Waals surface area contributed by atoms with Gasteiger partial charge in [-0.15, -0.1) is 0 Å². The van der Waals surface area contributed by atoms with Crippen LogP contribution in [0.4, 0.5) is 0 Å². The van der Waals surface area contributed by atoms with Gasteiger partial charge in [0, 0.05) is 71.6 Å². The first-order chi connectivity index (χ1) is 21.2. The van der Waals surface area contributed by atoms with Crippen LogP contribution in [0, 0.1) is 0 Å². The maximum absolute atomic E-state index is 11.4. The van der Waals surface area contributed by atoms with E-state index < -0.39 is 0 Å². The van der Waals surface area contributed by atoms with Crippen molar-refractivity contribution in [1.82, 2.24) is 39.2 Å². The van der Waals surface area contributed by atoms with E-state index in [1.807, 2.05) is 60.6 Å². The van der Waals surface area contributed by atoms with Crippen LogP contribution < -0.4 is 10.3 Å². The van der Waals surface area contributed by atoms with Crippen LogP contribution in [0.1, 0.15) is 0 Å². The van der Waals surface area contributed by atoms with Gasteiger partial charge >= 0.3 is 0 Å². The topological polar surface area (TPSA) is 115 Å². The fourth-order valence-corrected chi connectivity index (χ4v) is 5.93. The molecule has 0 spiro atoms. The zero-order chi connectivity index (χ0) is 29.2. The molecule has 0 fully saturated rings. The molecule has 43 heavy (non-hydrogen) atoms. The third kappa shape index (κ3) is 5.32. The van der Waals surface area contributed by atoms with E-state index in [9.17, 15) is 4.79 Å². The lowest BCUT2D eigenvalue weighted by Crippen LogP contribution is -2.02. The number of H-pyrrole nitrogens is 1. The normalized spacial score (nSPS) is 11.0. The Bertz CT molecular complexity index is 2220. The third-order valence-electron chi connectivity index (χ3n) is 6.76. The van der Waals surface area contributed by atoms with Crippen LogP contribution in [0.15, 0.2) is 112 Å². The minimum Gasteiger partial charge on any atom is -0.481 e. The van der Waals surface area contributed by atoms with Crippen LogP contribution in [0.5, 0.6) is 5.88 Å². The Kier molecular flexibility index (Phi) is 7.03. The van der Waals surface area contributed by atoms with E-state index in [1.54, 1.807) is 63.5 Å². The summed E-state index contributed by atoms with van der Waals surface area (Å²) >= 11 is 3.31. The molecule has 12 heteroatoms. The summed E-state index contributed by atoms with van der Waals surface area (Å²) in [5, 5.41) is 17.0. The van der Waals surface area contributed by atoms with E-state index in [0.717, 1.165) is 55.8 Å². The highest BCUT2D eigenvalue weighted by Crippen LogP contribution is 2.28. The van der Waals surface area contributed by atoms with Gasteiger partial charge in [-0.25, -0.2) is 24.0 Å². The molecular formula is C31H22N8O2S2. The molecule has 210 valence electrons. The van der Waals surface area contributed by atoms with Gasteiger partial charge in [0.15, 0.2) is 11.3 Å². The van der Waals surface area contributed by atoms with Crippen LogP contribution in [-0.2, 0) is 0 Å². The molecule has 8 heterocycles. The lowest BCUT2D eigenvalue weighted by atomic mass is 10.1. The van der Waals surface area contributed by atoms with E-state index in [0.29, 0.717) is 5.88 Å². The number of nitrogens with zero attached hydrogens (tertiary/aromatic N) is 7. The lowest BCUT2D eigenvalue weighted by Gasteiger charge is -2.04. The number of hydrogen-bond donors (Lipinski definition) is 1. The van der Waals surface area contributed by atoms with Gasteiger partial charge in [-0.05, 0) is 68.0 Å². The molecule has 0 saturated heterocycles. The second-order valence-electron chi connectivity index (χ2n) is 9.39. The van der Waals surface area contributed by atoms with Crippen molar-refractivity contribution in [2.75, 3.05) is 7.11 Å². The summed E-state index contributed by atoms with van der Waals surface area (Å²) in [6.45, 7) is 0. The number of nitrogens with one attached hydrogen (secondary N) is 1. The maximum atomic E-state index is 11.4. The van der Waals surface area contributed by atoms with Crippen molar-refractivity contribution in [2.24, 2.45) is 0 Å². The van der Waals surface area contributed by atoms with Crippen molar-refractivity contribution in [3.63, 3.8) is 0 Å². The van der Waals surface area contributed by atoms with Crippen molar-refractivity contribution >= 4 is 34.0 Å². The molecule has 8 rings (SSSR count). The molecule has 8 aromatic heterocycles. The summed E-state index contributed by atoms with van der Waals surface area (Å²) in [5.74, 6) is 0.581. The average Bonchev–Trinajstić information content (AvgIpc) is 3.87.